The quantitative estimate of drug-likeness (QED) is 0.724. The van der Waals surface area contributed by atoms with Gasteiger partial charge in [0.2, 0.25) is 0 Å². The normalized spacial score (nSPS) is 29.2. The maximum absolute atomic E-state index is 12.5. The van der Waals surface area contributed by atoms with Crippen LogP contribution in [0.25, 0.3) is 10.1 Å². The number of benzene rings is 1. The molecule has 3 atom stereocenters. The third kappa shape index (κ3) is 2.02. The predicted octanol–water partition coefficient (Wildman–Crippen LogP) is 4.91. The molecule has 2 aliphatic rings. The first-order valence-corrected chi connectivity index (χ1v) is 8.13. The zero-order chi connectivity index (χ0) is 12.8. The van der Waals surface area contributed by atoms with Crippen LogP contribution in [-0.4, -0.2) is 5.78 Å². The van der Waals surface area contributed by atoms with E-state index in [0.717, 1.165) is 23.1 Å². The van der Waals surface area contributed by atoms with Crippen LogP contribution in [0.2, 0.25) is 0 Å². The average Bonchev–Trinajstić information content (AvgIpc) is 3.12. The van der Waals surface area contributed by atoms with Crippen molar-refractivity contribution in [3.05, 3.63) is 35.2 Å². The molecule has 1 nitrogen and oxygen atoms in total. The van der Waals surface area contributed by atoms with Crippen LogP contribution in [0, 0.1) is 17.8 Å². The van der Waals surface area contributed by atoms with Gasteiger partial charge in [0.25, 0.3) is 0 Å². The summed E-state index contributed by atoms with van der Waals surface area (Å²) in [5, 5.41) is 1.21. The van der Waals surface area contributed by atoms with E-state index in [0.29, 0.717) is 11.7 Å². The number of ketones is 1. The molecule has 2 bridgehead atoms. The lowest BCUT2D eigenvalue weighted by Gasteiger charge is -2.20. The molecule has 0 amide bonds. The van der Waals surface area contributed by atoms with Gasteiger partial charge in [-0.15, -0.1) is 11.3 Å². The minimum atomic E-state index is 0.374. The molecule has 2 heteroatoms. The van der Waals surface area contributed by atoms with Crippen LogP contribution in [0.3, 0.4) is 0 Å². The van der Waals surface area contributed by atoms with Gasteiger partial charge in [0.1, 0.15) is 0 Å². The molecule has 0 spiro atoms. The molecular formula is C17H18OS. The lowest BCUT2D eigenvalue weighted by atomic mass is 9.85. The number of thiophene rings is 1. The number of hydrogen-bond acceptors (Lipinski definition) is 2. The largest absolute Gasteiger partial charge is 0.293 e. The fourth-order valence-electron chi connectivity index (χ4n) is 4.08. The van der Waals surface area contributed by atoms with E-state index in [4.69, 9.17) is 0 Å². The van der Waals surface area contributed by atoms with E-state index >= 15 is 0 Å². The Balaban J connectivity index is 1.53. The van der Waals surface area contributed by atoms with E-state index in [1.165, 1.54) is 35.8 Å². The molecule has 0 saturated heterocycles. The van der Waals surface area contributed by atoms with Crippen LogP contribution in [-0.2, 0) is 0 Å². The average molecular weight is 270 g/mol. The number of hydrogen-bond donors (Lipinski definition) is 0. The Bertz CT molecular complexity index is 594. The zero-order valence-corrected chi connectivity index (χ0v) is 11.8. The van der Waals surface area contributed by atoms with Gasteiger partial charge in [0, 0.05) is 11.1 Å². The molecule has 1 aromatic heterocycles. The van der Waals surface area contributed by atoms with Gasteiger partial charge in [0.15, 0.2) is 5.78 Å². The van der Waals surface area contributed by atoms with Crippen LogP contribution < -0.4 is 0 Å². The summed E-state index contributed by atoms with van der Waals surface area (Å²) in [5.41, 5.74) is 0. The summed E-state index contributed by atoms with van der Waals surface area (Å²) in [4.78, 5) is 13.4. The van der Waals surface area contributed by atoms with E-state index in [-0.39, 0.29) is 0 Å². The van der Waals surface area contributed by atoms with Crippen molar-refractivity contribution in [3.63, 3.8) is 0 Å². The standard InChI is InChI=1S/C17H18OS/c18-15(9-14-8-11-5-6-12(14)7-11)17-10-13-3-1-2-4-16(13)19-17/h1-4,10-12,14H,5-9H2. The van der Waals surface area contributed by atoms with Crippen molar-refractivity contribution in [2.45, 2.75) is 32.1 Å². The van der Waals surface area contributed by atoms with Crippen molar-refractivity contribution in [1.29, 1.82) is 0 Å². The molecule has 2 saturated carbocycles. The molecular weight excluding hydrogens is 252 g/mol. The molecule has 2 aromatic rings. The van der Waals surface area contributed by atoms with Crippen LogP contribution in [0.15, 0.2) is 30.3 Å². The molecule has 1 heterocycles. The third-order valence-electron chi connectivity index (χ3n) is 5.03. The molecule has 2 aliphatic carbocycles. The summed E-state index contributed by atoms with van der Waals surface area (Å²) >= 11 is 1.66. The maximum atomic E-state index is 12.5. The molecule has 0 aliphatic heterocycles. The Morgan fingerprint density at radius 1 is 1.21 bits per heavy atom. The fourth-order valence-corrected chi connectivity index (χ4v) is 5.10. The van der Waals surface area contributed by atoms with Crippen LogP contribution in [0.5, 0.6) is 0 Å². The number of Topliss-reactive ketones (excluding diaryl/α,β-unsaturated/α-hetero) is 1. The van der Waals surface area contributed by atoms with Crippen molar-refractivity contribution in [2.75, 3.05) is 0 Å². The Kier molecular flexibility index (Phi) is 2.73. The summed E-state index contributed by atoms with van der Waals surface area (Å²) in [5.74, 6) is 2.84. The molecule has 98 valence electrons. The first-order chi connectivity index (χ1) is 9.29. The second-order valence-corrected chi connectivity index (χ2v) is 7.29. The molecule has 1 aromatic carbocycles. The Labute approximate surface area is 117 Å². The van der Waals surface area contributed by atoms with Crippen molar-refractivity contribution in [2.24, 2.45) is 17.8 Å². The molecule has 4 rings (SSSR count). The Hall–Kier alpha value is -1.15. The van der Waals surface area contributed by atoms with Crippen molar-refractivity contribution in [1.82, 2.24) is 0 Å². The lowest BCUT2D eigenvalue weighted by molar-refractivity contribution is 0.0948. The second-order valence-electron chi connectivity index (χ2n) is 6.21. The highest BCUT2D eigenvalue weighted by Gasteiger charge is 2.40. The minimum absolute atomic E-state index is 0.374. The molecule has 0 N–H and O–H groups in total. The SMILES string of the molecule is O=C(CC1CC2CCC1C2)c1cc2ccccc2s1. The first kappa shape index (κ1) is 11.7. The van der Waals surface area contributed by atoms with E-state index < -0.39 is 0 Å². The van der Waals surface area contributed by atoms with Crippen molar-refractivity contribution >= 4 is 27.2 Å². The lowest BCUT2D eigenvalue weighted by Crippen LogP contribution is -2.14. The summed E-state index contributed by atoms with van der Waals surface area (Å²) < 4.78 is 1.23. The predicted molar refractivity (Wildman–Crippen MR) is 79.7 cm³/mol. The van der Waals surface area contributed by atoms with Gasteiger partial charge in [-0.05, 0) is 54.5 Å². The monoisotopic (exact) mass is 270 g/mol. The van der Waals surface area contributed by atoms with Gasteiger partial charge in [-0.2, -0.15) is 0 Å². The van der Waals surface area contributed by atoms with Crippen molar-refractivity contribution in [3.8, 4) is 0 Å². The van der Waals surface area contributed by atoms with Crippen molar-refractivity contribution < 1.29 is 4.79 Å². The highest BCUT2D eigenvalue weighted by Crippen LogP contribution is 2.50. The first-order valence-electron chi connectivity index (χ1n) is 7.31. The van der Waals surface area contributed by atoms with E-state index in [2.05, 4.69) is 18.2 Å². The number of fused-ring (bicyclic) bond motifs is 3. The molecule has 19 heavy (non-hydrogen) atoms. The molecule has 3 unspecified atom stereocenters. The van der Waals surface area contributed by atoms with Crippen LogP contribution in [0.1, 0.15) is 41.8 Å². The van der Waals surface area contributed by atoms with Gasteiger partial charge in [0.05, 0.1) is 4.88 Å². The maximum Gasteiger partial charge on any atom is 0.173 e. The van der Waals surface area contributed by atoms with Crippen LogP contribution >= 0.6 is 11.3 Å². The topological polar surface area (TPSA) is 17.1 Å². The Morgan fingerprint density at radius 3 is 2.84 bits per heavy atom. The number of carbonyl (C=O) groups is 1. The summed E-state index contributed by atoms with van der Waals surface area (Å²) in [6.07, 6.45) is 6.27. The minimum Gasteiger partial charge on any atom is -0.293 e. The molecule has 2 fully saturated rings. The van der Waals surface area contributed by atoms with E-state index in [1.54, 1.807) is 11.3 Å². The van der Waals surface area contributed by atoms with Gasteiger partial charge < -0.3 is 0 Å². The summed E-state index contributed by atoms with van der Waals surface area (Å²) in [6, 6.07) is 10.4. The van der Waals surface area contributed by atoms with Gasteiger partial charge in [-0.3, -0.25) is 4.79 Å². The van der Waals surface area contributed by atoms with E-state index in [9.17, 15) is 4.79 Å². The highest BCUT2D eigenvalue weighted by atomic mass is 32.1. The van der Waals surface area contributed by atoms with Crippen LogP contribution in [0.4, 0.5) is 0 Å². The van der Waals surface area contributed by atoms with Gasteiger partial charge in [-0.25, -0.2) is 0 Å². The van der Waals surface area contributed by atoms with Gasteiger partial charge >= 0.3 is 0 Å². The zero-order valence-electron chi connectivity index (χ0n) is 11.0. The van der Waals surface area contributed by atoms with Gasteiger partial charge in [-0.1, -0.05) is 24.6 Å². The number of rotatable bonds is 3. The highest BCUT2D eigenvalue weighted by molar-refractivity contribution is 7.20. The summed E-state index contributed by atoms with van der Waals surface area (Å²) in [6.45, 7) is 0. The number of carbonyl (C=O) groups excluding carboxylic acids is 1. The smallest absolute Gasteiger partial charge is 0.173 e. The summed E-state index contributed by atoms with van der Waals surface area (Å²) in [7, 11) is 0. The second kappa shape index (κ2) is 4.45. The third-order valence-corrected chi connectivity index (χ3v) is 6.19. The molecule has 0 radical (unpaired) electrons. The van der Waals surface area contributed by atoms with E-state index in [1.807, 2.05) is 12.1 Å². The fraction of sp³-hybridized carbons (Fsp3) is 0.471. The Morgan fingerprint density at radius 2 is 2.11 bits per heavy atom.